The molecule has 0 atom stereocenters. The summed E-state index contributed by atoms with van der Waals surface area (Å²) in [6.07, 6.45) is 2.48. The van der Waals surface area contributed by atoms with Crippen LogP contribution in [-0.2, 0) is 0 Å². The summed E-state index contributed by atoms with van der Waals surface area (Å²) in [5.41, 5.74) is 5.78. The first kappa shape index (κ1) is 9.36. The second-order valence-electron chi connectivity index (χ2n) is 3.07. The average molecular weight is 174 g/mol. The Morgan fingerprint density at radius 1 is 1.45 bits per heavy atom. The molecule has 1 fully saturated rings. The molecule has 2 nitrogen and oxygen atoms in total. The van der Waals surface area contributed by atoms with Gasteiger partial charge < -0.3 is 11.1 Å². The Morgan fingerprint density at radius 3 is 2.55 bits per heavy atom. The Labute approximate surface area is 73.3 Å². The quantitative estimate of drug-likeness (QED) is 0.665. The normalized spacial score (nSPS) is 23.5. The fourth-order valence-corrected chi connectivity index (χ4v) is 2.82. The highest BCUT2D eigenvalue weighted by Gasteiger charge is 2.29. The topological polar surface area (TPSA) is 38.0 Å². The van der Waals surface area contributed by atoms with Crippen LogP contribution in [0.15, 0.2) is 0 Å². The van der Waals surface area contributed by atoms with Crippen LogP contribution in [0.1, 0.15) is 19.8 Å². The zero-order valence-electron chi connectivity index (χ0n) is 7.23. The van der Waals surface area contributed by atoms with Crippen molar-refractivity contribution in [2.24, 2.45) is 5.73 Å². The molecule has 0 radical (unpaired) electrons. The van der Waals surface area contributed by atoms with Gasteiger partial charge in [0.2, 0.25) is 0 Å². The second kappa shape index (κ2) is 4.33. The number of hydrogen-bond donors (Lipinski definition) is 2. The van der Waals surface area contributed by atoms with Crippen molar-refractivity contribution in [1.29, 1.82) is 0 Å². The van der Waals surface area contributed by atoms with Crippen molar-refractivity contribution in [2.75, 3.05) is 25.4 Å². The van der Waals surface area contributed by atoms with Gasteiger partial charge in [-0.05, 0) is 31.7 Å². The third kappa shape index (κ3) is 2.36. The number of piperidine rings is 1. The predicted octanol–water partition coefficient (Wildman–Crippen LogP) is 0.820. The van der Waals surface area contributed by atoms with E-state index in [2.05, 4.69) is 12.2 Å². The fourth-order valence-electron chi connectivity index (χ4n) is 1.60. The van der Waals surface area contributed by atoms with Gasteiger partial charge >= 0.3 is 0 Å². The van der Waals surface area contributed by atoms with Crippen LogP contribution in [0.3, 0.4) is 0 Å². The molecule has 0 saturated carbocycles. The summed E-state index contributed by atoms with van der Waals surface area (Å²) in [4.78, 5) is 0. The van der Waals surface area contributed by atoms with E-state index in [0.29, 0.717) is 4.75 Å². The first-order chi connectivity index (χ1) is 5.33. The largest absolute Gasteiger partial charge is 0.329 e. The molecule has 0 spiro atoms. The predicted molar refractivity (Wildman–Crippen MR) is 52.0 cm³/mol. The van der Waals surface area contributed by atoms with E-state index in [-0.39, 0.29) is 0 Å². The Morgan fingerprint density at radius 2 is 2.09 bits per heavy atom. The van der Waals surface area contributed by atoms with Gasteiger partial charge in [-0.3, -0.25) is 0 Å². The summed E-state index contributed by atoms with van der Waals surface area (Å²) < 4.78 is 0.403. The molecule has 3 N–H and O–H groups in total. The zero-order valence-corrected chi connectivity index (χ0v) is 8.04. The van der Waals surface area contributed by atoms with Crippen LogP contribution in [-0.4, -0.2) is 30.1 Å². The van der Waals surface area contributed by atoms with Crippen molar-refractivity contribution in [1.82, 2.24) is 5.32 Å². The van der Waals surface area contributed by atoms with Gasteiger partial charge in [-0.2, -0.15) is 11.8 Å². The highest BCUT2D eigenvalue weighted by molar-refractivity contribution is 8.00. The Bertz CT molecular complexity index is 105. The van der Waals surface area contributed by atoms with Crippen LogP contribution in [0, 0.1) is 0 Å². The smallest absolute Gasteiger partial charge is 0.0306 e. The molecule has 0 aromatic heterocycles. The SMILES string of the molecule is CCSC1(CN)CCNCC1. The molecule has 0 unspecified atom stereocenters. The van der Waals surface area contributed by atoms with Gasteiger partial charge in [-0.15, -0.1) is 0 Å². The third-order valence-corrected chi connectivity index (χ3v) is 3.81. The molecule has 0 aliphatic carbocycles. The van der Waals surface area contributed by atoms with E-state index in [0.717, 1.165) is 19.6 Å². The van der Waals surface area contributed by atoms with Crippen LogP contribution in [0.4, 0.5) is 0 Å². The van der Waals surface area contributed by atoms with E-state index >= 15 is 0 Å². The van der Waals surface area contributed by atoms with Crippen LogP contribution in [0.5, 0.6) is 0 Å². The first-order valence-corrected chi connectivity index (χ1v) is 5.36. The molecule has 0 bridgehead atoms. The Hall–Kier alpha value is 0.270. The van der Waals surface area contributed by atoms with Gasteiger partial charge in [-0.1, -0.05) is 6.92 Å². The number of nitrogens with two attached hydrogens (primary N) is 1. The van der Waals surface area contributed by atoms with Crippen molar-refractivity contribution in [3.63, 3.8) is 0 Å². The lowest BCUT2D eigenvalue weighted by Gasteiger charge is -2.35. The van der Waals surface area contributed by atoms with Crippen LogP contribution in [0.25, 0.3) is 0 Å². The number of rotatable bonds is 3. The van der Waals surface area contributed by atoms with Crippen molar-refractivity contribution < 1.29 is 0 Å². The maximum atomic E-state index is 5.78. The monoisotopic (exact) mass is 174 g/mol. The Balaban J connectivity index is 2.42. The van der Waals surface area contributed by atoms with E-state index in [4.69, 9.17) is 5.73 Å². The van der Waals surface area contributed by atoms with Crippen LogP contribution < -0.4 is 11.1 Å². The molecular weight excluding hydrogens is 156 g/mol. The standard InChI is InChI=1S/C8H18N2S/c1-2-11-8(7-9)3-5-10-6-4-8/h10H,2-7,9H2,1H3. The van der Waals surface area contributed by atoms with E-state index < -0.39 is 0 Å². The third-order valence-electron chi connectivity index (χ3n) is 2.34. The molecule has 0 aromatic rings. The summed E-state index contributed by atoms with van der Waals surface area (Å²) in [5, 5.41) is 3.36. The summed E-state index contributed by atoms with van der Waals surface area (Å²) in [7, 11) is 0. The molecule has 3 heteroatoms. The summed E-state index contributed by atoms with van der Waals surface area (Å²) in [6.45, 7) is 5.34. The van der Waals surface area contributed by atoms with Crippen molar-refractivity contribution in [3.8, 4) is 0 Å². The lowest BCUT2D eigenvalue weighted by molar-refractivity contribution is 0.420. The summed E-state index contributed by atoms with van der Waals surface area (Å²) >= 11 is 2.03. The number of nitrogens with one attached hydrogen (secondary N) is 1. The Kier molecular flexibility index (Phi) is 3.69. The van der Waals surface area contributed by atoms with Gasteiger partial charge in [0.15, 0.2) is 0 Å². The van der Waals surface area contributed by atoms with Gasteiger partial charge in [0, 0.05) is 11.3 Å². The molecule has 0 aromatic carbocycles. The highest BCUT2D eigenvalue weighted by Crippen LogP contribution is 2.32. The maximum Gasteiger partial charge on any atom is 0.0306 e. The van der Waals surface area contributed by atoms with Crippen molar-refractivity contribution >= 4 is 11.8 Å². The molecule has 1 aliphatic rings. The fraction of sp³-hybridized carbons (Fsp3) is 1.00. The molecule has 1 rings (SSSR count). The minimum atomic E-state index is 0.403. The minimum absolute atomic E-state index is 0.403. The van der Waals surface area contributed by atoms with E-state index in [1.54, 1.807) is 0 Å². The maximum absolute atomic E-state index is 5.78. The lowest BCUT2D eigenvalue weighted by atomic mass is 9.97. The molecule has 1 aliphatic heterocycles. The average Bonchev–Trinajstić information content (AvgIpc) is 2.07. The van der Waals surface area contributed by atoms with Crippen LogP contribution >= 0.6 is 11.8 Å². The van der Waals surface area contributed by atoms with Crippen molar-refractivity contribution in [2.45, 2.75) is 24.5 Å². The van der Waals surface area contributed by atoms with Gasteiger partial charge in [0.1, 0.15) is 0 Å². The van der Waals surface area contributed by atoms with Crippen molar-refractivity contribution in [3.05, 3.63) is 0 Å². The zero-order chi connectivity index (χ0) is 8.16. The lowest BCUT2D eigenvalue weighted by Crippen LogP contribution is -2.44. The van der Waals surface area contributed by atoms with E-state index in [9.17, 15) is 0 Å². The van der Waals surface area contributed by atoms with Gasteiger partial charge in [-0.25, -0.2) is 0 Å². The highest BCUT2D eigenvalue weighted by atomic mass is 32.2. The van der Waals surface area contributed by atoms with E-state index in [1.165, 1.54) is 18.6 Å². The van der Waals surface area contributed by atoms with Gasteiger partial charge in [0.25, 0.3) is 0 Å². The molecule has 66 valence electrons. The number of hydrogen-bond acceptors (Lipinski definition) is 3. The molecule has 1 saturated heterocycles. The molecule has 0 amide bonds. The number of thioether (sulfide) groups is 1. The van der Waals surface area contributed by atoms with Crippen LogP contribution in [0.2, 0.25) is 0 Å². The molecular formula is C8H18N2S. The molecule has 11 heavy (non-hydrogen) atoms. The summed E-state index contributed by atoms with van der Waals surface area (Å²) in [6, 6.07) is 0. The summed E-state index contributed by atoms with van der Waals surface area (Å²) in [5.74, 6) is 1.19. The molecule has 1 heterocycles. The van der Waals surface area contributed by atoms with E-state index in [1.807, 2.05) is 11.8 Å². The second-order valence-corrected chi connectivity index (χ2v) is 4.80. The minimum Gasteiger partial charge on any atom is -0.329 e. The first-order valence-electron chi connectivity index (χ1n) is 4.38. The van der Waals surface area contributed by atoms with Gasteiger partial charge in [0.05, 0.1) is 0 Å².